The third-order valence-corrected chi connectivity index (χ3v) is 2.44. The van der Waals surface area contributed by atoms with Crippen molar-refractivity contribution in [2.75, 3.05) is 11.1 Å². The van der Waals surface area contributed by atoms with Crippen LogP contribution >= 0.6 is 0 Å². The van der Waals surface area contributed by atoms with Gasteiger partial charge in [0.05, 0.1) is 12.0 Å². The third kappa shape index (κ3) is 2.13. The summed E-state index contributed by atoms with van der Waals surface area (Å²) < 4.78 is 18.4. The van der Waals surface area contributed by atoms with E-state index in [1.165, 1.54) is 24.5 Å². The molecule has 0 atom stereocenters. The number of nitrogen functional groups attached to an aromatic ring is 1. The van der Waals surface area contributed by atoms with Crippen LogP contribution in [0.4, 0.5) is 15.8 Å². The Bertz CT molecular complexity index is 550. The number of benzene rings is 1. The highest BCUT2D eigenvalue weighted by Crippen LogP contribution is 2.25. The number of carbonyl (C=O) groups is 1. The molecule has 0 bridgehead atoms. The highest BCUT2D eigenvalue weighted by Gasteiger charge is 2.14. The molecule has 0 spiro atoms. The molecule has 1 heterocycles. The lowest BCUT2D eigenvalue weighted by atomic mass is 10.1. The first kappa shape index (κ1) is 11.2. The van der Waals surface area contributed by atoms with Gasteiger partial charge in [0.25, 0.3) is 5.91 Å². The SMILES string of the molecule is Cc1c(N)ccc(F)c1NC(=O)c1ccco1. The second kappa shape index (κ2) is 4.29. The van der Waals surface area contributed by atoms with Gasteiger partial charge in [-0.25, -0.2) is 4.39 Å². The van der Waals surface area contributed by atoms with Gasteiger partial charge >= 0.3 is 0 Å². The number of nitrogens with two attached hydrogens (primary N) is 1. The Balaban J connectivity index is 2.31. The van der Waals surface area contributed by atoms with Gasteiger partial charge in [-0.1, -0.05) is 0 Å². The smallest absolute Gasteiger partial charge is 0.291 e. The predicted octanol–water partition coefficient (Wildman–Crippen LogP) is 2.56. The maximum atomic E-state index is 13.5. The molecule has 88 valence electrons. The quantitative estimate of drug-likeness (QED) is 0.784. The highest BCUT2D eigenvalue weighted by molar-refractivity contribution is 6.03. The summed E-state index contributed by atoms with van der Waals surface area (Å²) in [5, 5.41) is 2.43. The van der Waals surface area contributed by atoms with E-state index in [9.17, 15) is 9.18 Å². The number of hydrogen-bond donors (Lipinski definition) is 2. The zero-order valence-electron chi connectivity index (χ0n) is 9.16. The molecule has 0 aliphatic heterocycles. The van der Waals surface area contributed by atoms with Crippen molar-refractivity contribution in [2.45, 2.75) is 6.92 Å². The van der Waals surface area contributed by atoms with Gasteiger partial charge in [-0.15, -0.1) is 0 Å². The van der Waals surface area contributed by atoms with Crippen LogP contribution in [0, 0.1) is 12.7 Å². The highest BCUT2D eigenvalue weighted by atomic mass is 19.1. The third-order valence-electron chi connectivity index (χ3n) is 2.44. The van der Waals surface area contributed by atoms with Gasteiger partial charge in [-0.2, -0.15) is 0 Å². The maximum Gasteiger partial charge on any atom is 0.291 e. The number of hydrogen-bond acceptors (Lipinski definition) is 3. The summed E-state index contributed by atoms with van der Waals surface area (Å²) >= 11 is 0. The molecule has 0 radical (unpaired) electrons. The number of halogens is 1. The van der Waals surface area contributed by atoms with Crippen molar-refractivity contribution >= 4 is 17.3 Å². The Kier molecular flexibility index (Phi) is 2.82. The topological polar surface area (TPSA) is 68.3 Å². The lowest BCUT2D eigenvalue weighted by Crippen LogP contribution is -2.13. The first-order valence-corrected chi connectivity index (χ1v) is 4.99. The number of anilines is 2. The molecule has 0 aliphatic rings. The molecule has 1 amide bonds. The van der Waals surface area contributed by atoms with Crippen LogP contribution < -0.4 is 11.1 Å². The second-order valence-corrected chi connectivity index (χ2v) is 3.57. The van der Waals surface area contributed by atoms with Gasteiger partial charge in [0.2, 0.25) is 0 Å². The van der Waals surface area contributed by atoms with Crippen LogP contribution in [-0.2, 0) is 0 Å². The van der Waals surface area contributed by atoms with E-state index in [0.29, 0.717) is 11.3 Å². The monoisotopic (exact) mass is 234 g/mol. The number of carbonyl (C=O) groups excluding carboxylic acids is 1. The Morgan fingerprint density at radius 2 is 2.18 bits per heavy atom. The molecule has 4 nitrogen and oxygen atoms in total. The number of amides is 1. The van der Waals surface area contributed by atoms with Crippen molar-refractivity contribution in [3.05, 3.63) is 47.7 Å². The summed E-state index contributed by atoms with van der Waals surface area (Å²) in [6.45, 7) is 1.64. The number of rotatable bonds is 2. The number of furan rings is 1. The van der Waals surface area contributed by atoms with Crippen molar-refractivity contribution < 1.29 is 13.6 Å². The molecule has 0 saturated heterocycles. The summed E-state index contributed by atoms with van der Waals surface area (Å²) in [4.78, 5) is 11.7. The van der Waals surface area contributed by atoms with Gasteiger partial charge in [-0.3, -0.25) is 4.79 Å². The van der Waals surface area contributed by atoms with Crippen molar-refractivity contribution in [3.8, 4) is 0 Å². The molecule has 2 rings (SSSR count). The average molecular weight is 234 g/mol. The lowest BCUT2D eigenvalue weighted by molar-refractivity contribution is 0.0996. The molecular weight excluding hydrogens is 223 g/mol. The fourth-order valence-corrected chi connectivity index (χ4v) is 1.43. The molecule has 0 fully saturated rings. The predicted molar refractivity (Wildman–Crippen MR) is 62.2 cm³/mol. The molecule has 0 saturated carbocycles. The molecule has 0 unspecified atom stereocenters. The van der Waals surface area contributed by atoms with Crippen LogP contribution in [0.3, 0.4) is 0 Å². The molecule has 5 heteroatoms. The average Bonchev–Trinajstić information content (AvgIpc) is 2.83. The van der Waals surface area contributed by atoms with Crippen molar-refractivity contribution in [3.63, 3.8) is 0 Å². The van der Waals surface area contributed by atoms with E-state index in [1.54, 1.807) is 13.0 Å². The van der Waals surface area contributed by atoms with E-state index < -0.39 is 11.7 Å². The zero-order chi connectivity index (χ0) is 12.4. The summed E-state index contributed by atoms with van der Waals surface area (Å²) in [5.74, 6) is -0.926. The first-order chi connectivity index (χ1) is 8.09. The van der Waals surface area contributed by atoms with E-state index in [2.05, 4.69) is 5.32 Å². The van der Waals surface area contributed by atoms with E-state index in [1.807, 2.05) is 0 Å². The van der Waals surface area contributed by atoms with E-state index in [0.717, 1.165) is 0 Å². The van der Waals surface area contributed by atoms with Crippen LogP contribution in [0.15, 0.2) is 34.9 Å². The normalized spacial score (nSPS) is 10.2. The van der Waals surface area contributed by atoms with Crippen molar-refractivity contribution in [1.82, 2.24) is 0 Å². The lowest BCUT2D eigenvalue weighted by Gasteiger charge is -2.10. The summed E-state index contributed by atoms with van der Waals surface area (Å²) in [6, 6.07) is 5.74. The largest absolute Gasteiger partial charge is 0.459 e. The van der Waals surface area contributed by atoms with Gasteiger partial charge in [0, 0.05) is 5.69 Å². The number of nitrogens with one attached hydrogen (secondary N) is 1. The Morgan fingerprint density at radius 1 is 1.41 bits per heavy atom. The van der Waals surface area contributed by atoms with Gasteiger partial charge in [-0.05, 0) is 36.8 Å². The summed E-state index contributed by atoms with van der Waals surface area (Å²) in [6.07, 6.45) is 1.37. The molecule has 17 heavy (non-hydrogen) atoms. The minimum atomic E-state index is -0.531. The summed E-state index contributed by atoms with van der Waals surface area (Å²) in [7, 11) is 0. The second-order valence-electron chi connectivity index (χ2n) is 3.57. The van der Waals surface area contributed by atoms with Crippen LogP contribution in [0.2, 0.25) is 0 Å². The van der Waals surface area contributed by atoms with Crippen molar-refractivity contribution in [1.29, 1.82) is 0 Å². The van der Waals surface area contributed by atoms with Gasteiger partial charge in [0.15, 0.2) is 5.76 Å². The van der Waals surface area contributed by atoms with Crippen LogP contribution in [0.1, 0.15) is 16.1 Å². The van der Waals surface area contributed by atoms with Crippen LogP contribution in [0.5, 0.6) is 0 Å². The minimum absolute atomic E-state index is 0.0754. The molecular formula is C12H11FN2O2. The molecule has 1 aromatic heterocycles. The summed E-state index contributed by atoms with van der Waals surface area (Å²) in [5.41, 5.74) is 6.63. The van der Waals surface area contributed by atoms with Crippen molar-refractivity contribution in [2.24, 2.45) is 0 Å². The van der Waals surface area contributed by atoms with E-state index >= 15 is 0 Å². The van der Waals surface area contributed by atoms with Crippen LogP contribution in [0.25, 0.3) is 0 Å². The minimum Gasteiger partial charge on any atom is -0.459 e. The fraction of sp³-hybridized carbons (Fsp3) is 0.0833. The molecule has 2 aromatic rings. The zero-order valence-corrected chi connectivity index (χ0v) is 9.16. The Hall–Kier alpha value is -2.30. The fourth-order valence-electron chi connectivity index (χ4n) is 1.43. The molecule has 1 aromatic carbocycles. The van der Waals surface area contributed by atoms with Gasteiger partial charge < -0.3 is 15.5 Å². The van der Waals surface area contributed by atoms with Gasteiger partial charge in [0.1, 0.15) is 5.82 Å². The van der Waals surface area contributed by atoms with E-state index in [-0.39, 0.29) is 11.4 Å². The standard InChI is InChI=1S/C12H11FN2O2/c1-7-9(14)5-4-8(13)11(7)15-12(16)10-3-2-6-17-10/h2-6H,14H2,1H3,(H,15,16). The Labute approximate surface area is 97.2 Å². The molecule has 0 aliphatic carbocycles. The Morgan fingerprint density at radius 3 is 2.82 bits per heavy atom. The molecule has 3 N–H and O–H groups in total. The van der Waals surface area contributed by atoms with E-state index in [4.69, 9.17) is 10.2 Å². The van der Waals surface area contributed by atoms with Crippen LogP contribution in [-0.4, -0.2) is 5.91 Å². The first-order valence-electron chi connectivity index (χ1n) is 4.99. The maximum absolute atomic E-state index is 13.5.